The highest BCUT2D eigenvalue weighted by Gasteiger charge is 2.58. The number of ether oxygens (including phenoxy) is 2. The maximum absolute atomic E-state index is 12.8. The van der Waals surface area contributed by atoms with E-state index in [0.29, 0.717) is 5.71 Å². The molecule has 0 bridgehead atoms. The Kier molecular flexibility index (Phi) is 6.34. The minimum Gasteiger partial charge on any atom is -0.449 e. The predicted octanol–water partition coefficient (Wildman–Crippen LogP) is 4.12. The summed E-state index contributed by atoms with van der Waals surface area (Å²) >= 11 is 0. The summed E-state index contributed by atoms with van der Waals surface area (Å²) in [5.41, 5.74) is 5.61. The number of aryl methyl sites for hydroxylation is 1. The Bertz CT molecular complexity index is 876. The molecule has 0 unspecified atom stereocenters. The number of carbonyl (C=O) groups excluding carboxylic acids is 2. The average Bonchev–Trinajstić information content (AvgIpc) is 3.40. The molecule has 1 saturated carbocycles. The molecule has 0 saturated heterocycles. The average molecular weight is 415 g/mol. The molecule has 2 aliphatic rings. The smallest absolute Gasteiger partial charge is 0.429 e. The number of amides is 2. The van der Waals surface area contributed by atoms with Crippen LogP contribution in [-0.2, 0) is 9.47 Å². The lowest BCUT2D eigenvalue weighted by atomic mass is 9.84. The van der Waals surface area contributed by atoms with Gasteiger partial charge in [-0.3, -0.25) is 0 Å². The van der Waals surface area contributed by atoms with Gasteiger partial charge < -0.3 is 14.7 Å². The van der Waals surface area contributed by atoms with Crippen molar-refractivity contribution in [2.45, 2.75) is 52.5 Å². The quantitative estimate of drug-likeness (QED) is 0.326. The molecule has 2 amide bonds. The van der Waals surface area contributed by atoms with Crippen molar-refractivity contribution >= 4 is 17.9 Å². The van der Waals surface area contributed by atoms with Crippen LogP contribution in [0.15, 0.2) is 35.5 Å². The molecule has 8 nitrogen and oxygen atoms in total. The second kappa shape index (κ2) is 8.77. The van der Waals surface area contributed by atoms with Crippen molar-refractivity contribution in [3.8, 4) is 0 Å². The number of nitrogens with zero attached hydrogens (tertiary/aromatic N) is 2. The van der Waals surface area contributed by atoms with Gasteiger partial charge in [0, 0.05) is 16.9 Å². The summed E-state index contributed by atoms with van der Waals surface area (Å²) in [5.74, 6) is -0.217. The first-order valence-corrected chi connectivity index (χ1v) is 10.2. The Morgan fingerprint density at radius 3 is 2.57 bits per heavy atom. The molecule has 30 heavy (non-hydrogen) atoms. The first kappa shape index (κ1) is 21.7. The molecule has 3 rings (SSSR count). The zero-order valence-electron chi connectivity index (χ0n) is 17.8. The van der Waals surface area contributed by atoms with Gasteiger partial charge in [-0.1, -0.05) is 41.1 Å². The molecule has 0 aliphatic heterocycles. The molecule has 162 valence electrons. The van der Waals surface area contributed by atoms with E-state index in [2.05, 4.69) is 22.7 Å². The fourth-order valence-electron chi connectivity index (χ4n) is 4.18. The molecule has 2 atom stereocenters. The molecule has 0 heterocycles. The molecular weight excluding hydrogens is 386 g/mol. The second-order valence-electron chi connectivity index (χ2n) is 7.74. The van der Waals surface area contributed by atoms with Gasteiger partial charge in [0.1, 0.15) is 0 Å². The monoisotopic (exact) mass is 415 g/mol. The number of hydrazine groups is 1. The Balaban J connectivity index is 2.05. The molecule has 8 heteroatoms. The Hall–Kier alpha value is -3.03. The predicted molar refractivity (Wildman–Crippen MR) is 112 cm³/mol. The van der Waals surface area contributed by atoms with Gasteiger partial charge in [-0.2, -0.15) is 0 Å². The highest BCUT2D eigenvalue weighted by molar-refractivity contribution is 6.00. The summed E-state index contributed by atoms with van der Waals surface area (Å²) in [6, 6.07) is 5.51. The number of carbonyl (C=O) groups is 2. The van der Waals surface area contributed by atoms with Crippen LogP contribution in [0.2, 0.25) is 0 Å². The van der Waals surface area contributed by atoms with Gasteiger partial charge in [-0.05, 0) is 46.1 Å². The van der Waals surface area contributed by atoms with Gasteiger partial charge in [-0.25, -0.2) is 20.0 Å². The minimum absolute atomic E-state index is 0.184. The van der Waals surface area contributed by atoms with E-state index in [4.69, 9.17) is 9.47 Å². The molecule has 1 aromatic rings. The standard InChI is InChI=1S/C22H29N3O5/c1-5-29-20(26)23-25(21(27)30-6-2)19-17(9-10-22(19)11-12-22)18-13-14(3)7-8-16(18)15(4)24-28/h7-10,13,17,19,28H,5-6,11-12H2,1-4H3,(H,23,26)/b24-15+/t17-,19-/m1/s1. The van der Waals surface area contributed by atoms with Crippen molar-refractivity contribution in [1.29, 1.82) is 0 Å². The highest BCUT2D eigenvalue weighted by Crippen LogP contribution is 2.59. The van der Waals surface area contributed by atoms with E-state index >= 15 is 0 Å². The lowest BCUT2D eigenvalue weighted by Gasteiger charge is -2.36. The van der Waals surface area contributed by atoms with Gasteiger partial charge in [0.15, 0.2) is 0 Å². The molecule has 1 fully saturated rings. The van der Waals surface area contributed by atoms with Crippen LogP contribution in [0.1, 0.15) is 56.2 Å². The molecule has 2 aliphatic carbocycles. The molecule has 1 aromatic carbocycles. The van der Waals surface area contributed by atoms with Gasteiger partial charge in [0.2, 0.25) is 0 Å². The summed E-state index contributed by atoms with van der Waals surface area (Å²) in [7, 11) is 0. The third-order valence-electron chi connectivity index (χ3n) is 5.73. The zero-order valence-corrected chi connectivity index (χ0v) is 17.8. The van der Waals surface area contributed by atoms with Crippen LogP contribution in [0.4, 0.5) is 9.59 Å². The zero-order chi connectivity index (χ0) is 21.9. The molecular formula is C22H29N3O5. The van der Waals surface area contributed by atoms with E-state index < -0.39 is 12.2 Å². The van der Waals surface area contributed by atoms with E-state index in [1.54, 1.807) is 20.8 Å². The van der Waals surface area contributed by atoms with E-state index in [-0.39, 0.29) is 30.6 Å². The van der Waals surface area contributed by atoms with Crippen LogP contribution < -0.4 is 5.43 Å². The van der Waals surface area contributed by atoms with Gasteiger partial charge in [-0.15, -0.1) is 0 Å². The van der Waals surface area contributed by atoms with Crippen molar-refractivity contribution in [3.63, 3.8) is 0 Å². The largest absolute Gasteiger partial charge is 0.449 e. The highest BCUT2D eigenvalue weighted by atomic mass is 16.6. The Morgan fingerprint density at radius 1 is 1.27 bits per heavy atom. The third-order valence-corrected chi connectivity index (χ3v) is 5.73. The normalized spacial score (nSPS) is 21.4. The van der Waals surface area contributed by atoms with Crippen molar-refractivity contribution in [2.24, 2.45) is 10.6 Å². The summed E-state index contributed by atoms with van der Waals surface area (Å²) in [6.45, 7) is 7.51. The molecule has 2 N–H and O–H groups in total. The van der Waals surface area contributed by atoms with E-state index in [0.717, 1.165) is 29.5 Å². The number of hydrogen-bond donors (Lipinski definition) is 2. The van der Waals surface area contributed by atoms with Crippen molar-refractivity contribution in [1.82, 2.24) is 10.4 Å². The number of benzene rings is 1. The second-order valence-corrected chi connectivity index (χ2v) is 7.74. The summed E-state index contributed by atoms with van der Waals surface area (Å²) in [4.78, 5) is 25.1. The first-order chi connectivity index (χ1) is 14.4. The third kappa shape index (κ3) is 4.13. The van der Waals surface area contributed by atoms with Crippen LogP contribution in [0.3, 0.4) is 0 Å². The van der Waals surface area contributed by atoms with Crippen LogP contribution in [0.5, 0.6) is 0 Å². The minimum atomic E-state index is -0.704. The number of nitrogens with one attached hydrogen (secondary N) is 1. The Labute approximate surface area is 176 Å². The number of oxime groups is 1. The Morgan fingerprint density at radius 2 is 1.97 bits per heavy atom. The van der Waals surface area contributed by atoms with Crippen LogP contribution >= 0.6 is 0 Å². The van der Waals surface area contributed by atoms with Crippen molar-refractivity contribution in [3.05, 3.63) is 47.0 Å². The van der Waals surface area contributed by atoms with Crippen LogP contribution in [-0.4, -0.2) is 47.4 Å². The summed E-state index contributed by atoms with van der Waals surface area (Å²) in [5, 5.41) is 14.0. The lowest BCUT2D eigenvalue weighted by molar-refractivity contribution is 0.0415. The maximum atomic E-state index is 12.8. The topological polar surface area (TPSA) is 100 Å². The van der Waals surface area contributed by atoms with Crippen LogP contribution in [0.25, 0.3) is 0 Å². The molecule has 0 radical (unpaired) electrons. The fourth-order valence-corrected chi connectivity index (χ4v) is 4.18. The summed E-state index contributed by atoms with van der Waals surface area (Å²) < 4.78 is 10.3. The lowest BCUT2D eigenvalue weighted by Crippen LogP contribution is -2.56. The van der Waals surface area contributed by atoms with Gasteiger partial charge in [0.05, 0.1) is 25.0 Å². The number of rotatable bonds is 5. The fraction of sp³-hybridized carbons (Fsp3) is 0.500. The number of hydrogen-bond acceptors (Lipinski definition) is 6. The SMILES string of the molecule is CCOC(=O)NN(C(=O)OCC)[C@@H]1[C@@H](c2cc(C)ccc2/C(C)=N/O)C=CC12CC2. The summed E-state index contributed by atoms with van der Waals surface area (Å²) in [6.07, 6.45) is 4.67. The van der Waals surface area contributed by atoms with Crippen LogP contribution in [0, 0.1) is 12.3 Å². The molecule has 1 spiro atoms. The van der Waals surface area contributed by atoms with E-state index in [1.807, 2.05) is 25.1 Å². The maximum Gasteiger partial charge on any atom is 0.429 e. The van der Waals surface area contributed by atoms with Crippen molar-refractivity contribution < 1.29 is 24.3 Å². The van der Waals surface area contributed by atoms with Gasteiger partial charge >= 0.3 is 12.2 Å². The first-order valence-electron chi connectivity index (χ1n) is 10.2. The van der Waals surface area contributed by atoms with Gasteiger partial charge in [0.25, 0.3) is 0 Å². The molecule has 0 aromatic heterocycles. The van der Waals surface area contributed by atoms with E-state index in [1.165, 1.54) is 5.01 Å². The van der Waals surface area contributed by atoms with E-state index in [9.17, 15) is 14.8 Å². The van der Waals surface area contributed by atoms with Crippen molar-refractivity contribution in [2.75, 3.05) is 13.2 Å².